The number of aliphatic hydroxyl groups excluding tert-OH is 1. The first-order valence-corrected chi connectivity index (χ1v) is 7.75. The van der Waals surface area contributed by atoms with Crippen LogP contribution in [0.3, 0.4) is 0 Å². The molecule has 8 nitrogen and oxygen atoms in total. The van der Waals surface area contributed by atoms with E-state index in [1.165, 1.54) is 0 Å². The molecule has 23 heavy (non-hydrogen) atoms. The molecule has 2 N–H and O–H groups in total. The summed E-state index contributed by atoms with van der Waals surface area (Å²) in [4.78, 5) is 24.9. The SMILES string of the molecule is Cc1cc(C(=O)NCC(O)CN(C)C)nc(N2CCOCC2)n1. The lowest BCUT2D eigenvalue weighted by Gasteiger charge is -2.27. The molecule has 1 unspecified atom stereocenters. The smallest absolute Gasteiger partial charge is 0.270 e. The molecule has 0 bridgehead atoms. The summed E-state index contributed by atoms with van der Waals surface area (Å²) in [6, 6.07) is 1.65. The number of rotatable bonds is 6. The summed E-state index contributed by atoms with van der Waals surface area (Å²) >= 11 is 0. The molecule has 1 atom stereocenters. The van der Waals surface area contributed by atoms with Gasteiger partial charge in [-0.25, -0.2) is 9.97 Å². The molecule has 0 aromatic carbocycles. The number of hydrogen-bond donors (Lipinski definition) is 2. The Labute approximate surface area is 136 Å². The molecule has 1 aromatic heterocycles. The molecule has 0 radical (unpaired) electrons. The Morgan fingerprint density at radius 1 is 1.43 bits per heavy atom. The maximum absolute atomic E-state index is 12.3. The fourth-order valence-corrected chi connectivity index (χ4v) is 2.36. The average Bonchev–Trinajstić information content (AvgIpc) is 2.52. The van der Waals surface area contributed by atoms with Gasteiger partial charge >= 0.3 is 0 Å². The van der Waals surface area contributed by atoms with E-state index in [1.807, 2.05) is 30.8 Å². The monoisotopic (exact) mass is 323 g/mol. The number of carbonyl (C=O) groups excluding carboxylic acids is 1. The van der Waals surface area contributed by atoms with E-state index in [-0.39, 0.29) is 12.5 Å². The molecule has 1 amide bonds. The van der Waals surface area contributed by atoms with Crippen molar-refractivity contribution in [2.24, 2.45) is 0 Å². The van der Waals surface area contributed by atoms with Crippen molar-refractivity contribution in [3.63, 3.8) is 0 Å². The molecule has 1 aromatic rings. The summed E-state index contributed by atoms with van der Waals surface area (Å²) in [6.07, 6.45) is -0.615. The second kappa shape index (κ2) is 8.19. The number of aryl methyl sites for hydroxylation is 1. The highest BCUT2D eigenvalue weighted by atomic mass is 16.5. The number of nitrogens with one attached hydrogen (secondary N) is 1. The van der Waals surface area contributed by atoms with Crippen LogP contribution in [-0.4, -0.2) is 85.5 Å². The summed E-state index contributed by atoms with van der Waals surface area (Å²) in [5.41, 5.74) is 1.05. The zero-order valence-corrected chi connectivity index (χ0v) is 13.9. The fourth-order valence-electron chi connectivity index (χ4n) is 2.36. The number of nitrogens with zero attached hydrogens (tertiary/aromatic N) is 4. The van der Waals surface area contributed by atoms with Gasteiger partial charge in [0.05, 0.1) is 19.3 Å². The second-order valence-corrected chi connectivity index (χ2v) is 5.92. The van der Waals surface area contributed by atoms with E-state index in [2.05, 4.69) is 15.3 Å². The second-order valence-electron chi connectivity index (χ2n) is 5.92. The maximum Gasteiger partial charge on any atom is 0.270 e. The standard InChI is InChI=1S/C15H25N5O3/c1-11-8-13(14(22)16-9-12(21)10-19(2)3)18-15(17-11)20-4-6-23-7-5-20/h8,12,21H,4-7,9-10H2,1-3H3,(H,16,22). The van der Waals surface area contributed by atoms with Gasteiger partial charge in [0.25, 0.3) is 5.91 Å². The first-order chi connectivity index (χ1) is 11.0. The van der Waals surface area contributed by atoms with Gasteiger partial charge in [0.1, 0.15) is 5.69 Å². The molecular formula is C15H25N5O3. The van der Waals surface area contributed by atoms with E-state index in [0.29, 0.717) is 44.5 Å². The number of morpholine rings is 1. The molecule has 1 fully saturated rings. The zero-order valence-electron chi connectivity index (χ0n) is 13.9. The van der Waals surface area contributed by atoms with Crippen LogP contribution in [0.2, 0.25) is 0 Å². The van der Waals surface area contributed by atoms with Gasteiger partial charge in [-0.3, -0.25) is 4.79 Å². The Hall–Kier alpha value is -1.77. The largest absolute Gasteiger partial charge is 0.390 e. The summed E-state index contributed by atoms with van der Waals surface area (Å²) in [6.45, 7) is 5.21. The quantitative estimate of drug-likeness (QED) is 0.713. The molecule has 0 saturated carbocycles. The van der Waals surface area contributed by atoms with Gasteiger partial charge in [-0.2, -0.15) is 0 Å². The molecular weight excluding hydrogens is 298 g/mol. The minimum absolute atomic E-state index is 0.187. The van der Waals surface area contributed by atoms with Crippen molar-refractivity contribution in [1.29, 1.82) is 0 Å². The molecule has 128 valence electrons. The van der Waals surface area contributed by atoms with Crippen LogP contribution in [0.4, 0.5) is 5.95 Å². The third-order valence-corrected chi connectivity index (χ3v) is 3.44. The highest BCUT2D eigenvalue weighted by Gasteiger charge is 2.18. The van der Waals surface area contributed by atoms with Crippen LogP contribution in [0, 0.1) is 6.92 Å². The van der Waals surface area contributed by atoms with Crippen LogP contribution in [0.15, 0.2) is 6.07 Å². The van der Waals surface area contributed by atoms with E-state index in [0.717, 1.165) is 5.69 Å². The number of carbonyl (C=O) groups is 1. The van der Waals surface area contributed by atoms with Crippen LogP contribution in [0.25, 0.3) is 0 Å². The van der Waals surface area contributed by atoms with E-state index < -0.39 is 6.10 Å². The summed E-state index contributed by atoms with van der Waals surface area (Å²) in [5.74, 6) is 0.245. The lowest BCUT2D eigenvalue weighted by Crippen LogP contribution is -2.39. The summed E-state index contributed by atoms with van der Waals surface area (Å²) < 4.78 is 5.32. The van der Waals surface area contributed by atoms with Crippen LogP contribution < -0.4 is 10.2 Å². The zero-order chi connectivity index (χ0) is 16.8. The Morgan fingerprint density at radius 2 is 2.13 bits per heavy atom. The number of anilines is 1. The van der Waals surface area contributed by atoms with Crippen molar-refractivity contribution in [2.75, 3.05) is 58.4 Å². The van der Waals surface area contributed by atoms with Gasteiger partial charge in [-0.15, -0.1) is 0 Å². The number of aromatic nitrogens is 2. The molecule has 0 spiro atoms. The Morgan fingerprint density at radius 3 is 2.78 bits per heavy atom. The van der Waals surface area contributed by atoms with E-state index in [9.17, 15) is 9.90 Å². The average molecular weight is 323 g/mol. The van der Waals surface area contributed by atoms with E-state index in [1.54, 1.807) is 6.07 Å². The number of likely N-dealkylation sites (N-methyl/N-ethyl adjacent to an activating group) is 1. The van der Waals surface area contributed by atoms with Crippen LogP contribution >= 0.6 is 0 Å². The first kappa shape index (κ1) is 17.6. The topological polar surface area (TPSA) is 90.8 Å². The lowest BCUT2D eigenvalue weighted by atomic mass is 10.3. The molecule has 8 heteroatoms. The van der Waals surface area contributed by atoms with Crippen LogP contribution in [-0.2, 0) is 4.74 Å². The molecule has 1 aliphatic rings. The molecule has 1 saturated heterocycles. The number of ether oxygens (including phenoxy) is 1. The Balaban J connectivity index is 2.00. The van der Waals surface area contributed by atoms with E-state index >= 15 is 0 Å². The predicted molar refractivity (Wildman–Crippen MR) is 86.7 cm³/mol. The molecule has 0 aliphatic carbocycles. The molecule has 1 aliphatic heterocycles. The van der Waals surface area contributed by atoms with Gasteiger partial charge in [-0.05, 0) is 27.1 Å². The van der Waals surface area contributed by atoms with Crippen molar-refractivity contribution in [1.82, 2.24) is 20.2 Å². The van der Waals surface area contributed by atoms with Crippen molar-refractivity contribution < 1.29 is 14.6 Å². The Bertz CT molecular complexity index is 532. The number of aliphatic hydroxyl groups is 1. The third-order valence-electron chi connectivity index (χ3n) is 3.44. The van der Waals surface area contributed by atoms with Gasteiger partial charge in [-0.1, -0.05) is 0 Å². The third kappa shape index (κ3) is 5.42. The summed E-state index contributed by atoms with van der Waals surface area (Å²) in [5, 5.41) is 12.5. The van der Waals surface area contributed by atoms with Crippen molar-refractivity contribution in [3.05, 3.63) is 17.5 Å². The van der Waals surface area contributed by atoms with E-state index in [4.69, 9.17) is 4.74 Å². The highest BCUT2D eigenvalue weighted by molar-refractivity contribution is 5.92. The van der Waals surface area contributed by atoms with Crippen molar-refractivity contribution in [2.45, 2.75) is 13.0 Å². The summed E-state index contributed by atoms with van der Waals surface area (Å²) in [7, 11) is 3.74. The van der Waals surface area contributed by atoms with Crippen molar-refractivity contribution in [3.8, 4) is 0 Å². The lowest BCUT2D eigenvalue weighted by molar-refractivity contribution is 0.0887. The Kier molecular flexibility index (Phi) is 6.26. The first-order valence-electron chi connectivity index (χ1n) is 7.75. The van der Waals surface area contributed by atoms with Crippen LogP contribution in [0.5, 0.6) is 0 Å². The maximum atomic E-state index is 12.3. The van der Waals surface area contributed by atoms with Gasteiger partial charge < -0.3 is 25.0 Å². The molecule has 2 heterocycles. The number of amides is 1. The predicted octanol–water partition coefficient (Wildman–Crippen LogP) is -0.726. The minimum atomic E-state index is -0.615. The minimum Gasteiger partial charge on any atom is -0.390 e. The highest BCUT2D eigenvalue weighted by Crippen LogP contribution is 2.12. The van der Waals surface area contributed by atoms with Gasteiger partial charge in [0, 0.05) is 31.9 Å². The van der Waals surface area contributed by atoms with Crippen LogP contribution in [0.1, 0.15) is 16.2 Å². The normalized spacial score (nSPS) is 16.5. The van der Waals surface area contributed by atoms with Gasteiger partial charge in [0.2, 0.25) is 5.95 Å². The van der Waals surface area contributed by atoms with Crippen molar-refractivity contribution >= 4 is 11.9 Å². The van der Waals surface area contributed by atoms with Gasteiger partial charge in [0.15, 0.2) is 0 Å². The number of hydrogen-bond acceptors (Lipinski definition) is 7. The fraction of sp³-hybridized carbons (Fsp3) is 0.667. The molecule has 2 rings (SSSR count).